The van der Waals surface area contributed by atoms with E-state index in [4.69, 9.17) is 11.6 Å². The summed E-state index contributed by atoms with van der Waals surface area (Å²) in [5.41, 5.74) is 13.1. The lowest BCUT2D eigenvalue weighted by molar-refractivity contribution is 0.186. The van der Waals surface area contributed by atoms with E-state index in [0.29, 0.717) is 23.7 Å². The third kappa shape index (κ3) is 5.25. The van der Waals surface area contributed by atoms with E-state index in [1.807, 2.05) is 0 Å². The summed E-state index contributed by atoms with van der Waals surface area (Å²) in [7, 11) is 0. The fraction of sp³-hybridized carbons (Fsp3) is 0.190. The van der Waals surface area contributed by atoms with Crippen LogP contribution < -0.4 is 9.48 Å². The first-order valence-corrected chi connectivity index (χ1v) is 22.5. The topological polar surface area (TPSA) is 6.25 Å². The highest BCUT2D eigenvalue weighted by Crippen LogP contribution is 2.87. The summed E-state index contributed by atoms with van der Waals surface area (Å²) in [4.78, 5) is 2.08. The van der Waals surface area contributed by atoms with Gasteiger partial charge in [0.25, 0.3) is 0 Å². The van der Waals surface area contributed by atoms with Crippen LogP contribution in [-0.4, -0.2) is 10.6 Å². The Morgan fingerprint density at radius 3 is 1.33 bits per heavy atom. The number of benzene rings is 6. The minimum Gasteiger partial charge on any atom is -0.311 e. The number of nitrogens with zero attached hydrogens (tertiary/aromatic N) is 2. The van der Waals surface area contributed by atoms with Crippen LogP contribution in [-0.2, 0) is 5.41 Å². The summed E-state index contributed by atoms with van der Waals surface area (Å²) in [6.45, 7) is 0. The Morgan fingerprint density at radius 1 is 0.426 bits per heavy atom. The average molecular weight is 808 g/mol. The van der Waals surface area contributed by atoms with E-state index in [2.05, 4.69) is 228 Å². The average Bonchev–Trinajstić information content (AvgIpc) is 3.90. The molecular formula is C58H48ClN2+. The molecule has 0 aromatic heterocycles. The summed E-state index contributed by atoms with van der Waals surface area (Å²) in [6, 6.07) is 61.3. The van der Waals surface area contributed by atoms with Crippen LogP contribution in [0, 0.1) is 29.1 Å². The van der Waals surface area contributed by atoms with Crippen molar-refractivity contribution in [3.63, 3.8) is 0 Å². The van der Waals surface area contributed by atoms with Gasteiger partial charge in [-0.2, -0.15) is 4.58 Å². The Bertz CT molecular complexity index is 2680. The monoisotopic (exact) mass is 807 g/mol. The second-order valence-corrected chi connectivity index (χ2v) is 18.5. The second kappa shape index (κ2) is 14.2. The molecule has 2 nitrogen and oxygen atoms in total. The lowest BCUT2D eigenvalue weighted by Gasteiger charge is -2.46. The summed E-state index contributed by atoms with van der Waals surface area (Å²) in [6.07, 6.45) is 24.2. The molecule has 4 unspecified atom stereocenters. The van der Waals surface area contributed by atoms with Crippen LogP contribution in [0.5, 0.6) is 0 Å². The number of allylic oxidation sites excluding steroid dienone is 10. The molecule has 0 N–H and O–H groups in total. The zero-order valence-electron chi connectivity index (χ0n) is 34.2. The summed E-state index contributed by atoms with van der Waals surface area (Å²) in [5, 5.41) is 0. The molecular weight excluding hydrogens is 760 g/mol. The highest BCUT2D eigenvalue weighted by molar-refractivity contribution is 6.26. The SMILES string of the molecule is ClC12C3CCC1C1CCC3C1(c1ccc(-c3ccc(N(c4ccccc4)c4ccccc4)cc3)cc1)C21C=CC(=C2C=CC(=[N+](c3ccccc3)c3ccccc3)C=C2)C=C1. The van der Waals surface area contributed by atoms with Gasteiger partial charge >= 0.3 is 0 Å². The van der Waals surface area contributed by atoms with Crippen LogP contribution in [0.25, 0.3) is 11.1 Å². The van der Waals surface area contributed by atoms with Crippen molar-refractivity contribution in [1.82, 2.24) is 4.58 Å². The van der Waals surface area contributed by atoms with Gasteiger partial charge in [0.2, 0.25) is 17.1 Å². The number of hydrogen-bond acceptors (Lipinski definition) is 1. The second-order valence-electron chi connectivity index (χ2n) is 17.9. The lowest BCUT2D eigenvalue weighted by Crippen LogP contribution is -2.45. The smallest absolute Gasteiger partial charge is 0.211 e. The van der Waals surface area contributed by atoms with Gasteiger partial charge in [0.05, 0.1) is 4.87 Å². The lowest BCUT2D eigenvalue weighted by atomic mass is 9.57. The van der Waals surface area contributed by atoms with Gasteiger partial charge in [0.1, 0.15) is 0 Å². The Hall–Kier alpha value is -6.22. The van der Waals surface area contributed by atoms with Crippen molar-refractivity contribution >= 4 is 45.7 Å². The maximum absolute atomic E-state index is 8.27. The molecule has 0 radical (unpaired) electrons. The Morgan fingerprint density at radius 2 is 0.836 bits per heavy atom. The molecule has 6 aliphatic rings. The van der Waals surface area contributed by atoms with E-state index >= 15 is 0 Å². The maximum Gasteiger partial charge on any atom is 0.211 e. The number of hydrogen-bond donors (Lipinski definition) is 0. The van der Waals surface area contributed by atoms with Crippen LogP contribution in [0.1, 0.15) is 31.2 Å². The zero-order valence-corrected chi connectivity index (χ0v) is 35.0. The van der Waals surface area contributed by atoms with E-state index in [0.717, 1.165) is 34.1 Å². The van der Waals surface area contributed by atoms with Crippen molar-refractivity contribution in [3.05, 3.63) is 235 Å². The molecule has 12 rings (SSSR count). The van der Waals surface area contributed by atoms with E-state index < -0.39 is 0 Å². The third-order valence-electron chi connectivity index (χ3n) is 15.5. The predicted octanol–water partition coefficient (Wildman–Crippen LogP) is 14.6. The fourth-order valence-corrected chi connectivity index (χ4v) is 14.2. The molecule has 4 atom stereocenters. The first-order chi connectivity index (χ1) is 30.1. The minimum absolute atomic E-state index is 0.00307. The van der Waals surface area contributed by atoms with Crippen molar-refractivity contribution in [2.45, 2.75) is 36.0 Å². The number of alkyl halides is 1. The molecule has 1 spiro atoms. The summed E-state index contributed by atoms with van der Waals surface area (Å²) < 4.78 is 2.32. The van der Waals surface area contributed by atoms with Crippen molar-refractivity contribution in [2.24, 2.45) is 29.1 Å². The molecule has 4 saturated carbocycles. The molecule has 6 aromatic rings. The molecule has 0 aliphatic heterocycles. The molecule has 6 aliphatic carbocycles. The standard InChI is InChI=1S/C58H48ClN2/c59-58-54-35-36-55(58)53-34-33-52(54)57(53,45-27-21-41(22-28-45)42-23-29-50(30-24-42)60(46-13-5-1-6-14-46)47-15-7-2-8-16-47)56(58)39-37-44(38-40-56)43-25-31-51(32-26-43)61(48-17-9-3-10-18-48)49-19-11-4-12-20-49/h1-32,37-40,52-55H,33-36H2/q+1. The van der Waals surface area contributed by atoms with Crippen LogP contribution in [0.15, 0.2) is 230 Å². The molecule has 2 bridgehead atoms. The van der Waals surface area contributed by atoms with Gasteiger partial charge in [-0.05, 0) is 126 Å². The van der Waals surface area contributed by atoms with Gasteiger partial charge in [-0.1, -0.05) is 133 Å². The van der Waals surface area contributed by atoms with E-state index in [-0.39, 0.29) is 15.7 Å². The third-order valence-corrected chi connectivity index (χ3v) is 16.4. The van der Waals surface area contributed by atoms with Gasteiger partial charge in [-0.15, -0.1) is 11.6 Å². The van der Waals surface area contributed by atoms with Gasteiger partial charge in [0, 0.05) is 64.3 Å². The van der Waals surface area contributed by atoms with E-state index in [1.165, 1.54) is 53.5 Å². The maximum atomic E-state index is 8.27. The highest BCUT2D eigenvalue weighted by atomic mass is 35.5. The van der Waals surface area contributed by atoms with Gasteiger partial charge in [0.15, 0.2) is 0 Å². The highest BCUT2D eigenvalue weighted by Gasteiger charge is 2.87. The Labute approximate surface area is 364 Å². The Kier molecular flexibility index (Phi) is 8.51. The van der Waals surface area contributed by atoms with Crippen LogP contribution in [0.4, 0.5) is 28.4 Å². The minimum atomic E-state index is -0.245. The molecule has 61 heavy (non-hydrogen) atoms. The molecule has 0 saturated heterocycles. The molecule has 3 heteroatoms. The Balaban J connectivity index is 0.878. The predicted molar refractivity (Wildman–Crippen MR) is 255 cm³/mol. The van der Waals surface area contributed by atoms with Crippen molar-refractivity contribution in [2.75, 3.05) is 4.90 Å². The summed E-state index contributed by atoms with van der Waals surface area (Å²) in [5.74, 6) is 2.27. The number of para-hydroxylation sites is 4. The molecule has 296 valence electrons. The number of rotatable bonds is 7. The number of halogens is 1. The van der Waals surface area contributed by atoms with Crippen LogP contribution >= 0.6 is 11.6 Å². The molecule has 4 fully saturated rings. The van der Waals surface area contributed by atoms with Gasteiger partial charge in [-0.3, -0.25) is 0 Å². The first-order valence-electron chi connectivity index (χ1n) is 22.2. The first kappa shape index (κ1) is 36.6. The molecule has 6 aromatic carbocycles. The van der Waals surface area contributed by atoms with E-state index in [1.54, 1.807) is 0 Å². The number of fused-ring (bicyclic) bond motifs is 2. The normalized spacial score (nSPS) is 28.6. The van der Waals surface area contributed by atoms with Crippen molar-refractivity contribution in [3.8, 4) is 11.1 Å². The van der Waals surface area contributed by atoms with Crippen molar-refractivity contribution in [1.29, 1.82) is 0 Å². The van der Waals surface area contributed by atoms with Gasteiger partial charge in [-0.25, -0.2) is 0 Å². The van der Waals surface area contributed by atoms with Crippen molar-refractivity contribution < 1.29 is 0 Å². The van der Waals surface area contributed by atoms with Gasteiger partial charge < -0.3 is 4.90 Å². The van der Waals surface area contributed by atoms with Crippen LogP contribution in [0.3, 0.4) is 0 Å². The largest absolute Gasteiger partial charge is 0.311 e. The fourth-order valence-electron chi connectivity index (χ4n) is 13.4. The molecule has 0 heterocycles. The van der Waals surface area contributed by atoms with E-state index in [9.17, 15) is 0 Å². The van der Waals surface area contributed by atoms with Crippen LogP contribution in [0.2, 0.25) is 0 Å². The number of anilines is 3. The quantitative estimate of drug-likeness (QED) is 0.115. The summed E-state index contributed by atoms with van der Waals surface area (Å²) >= 11 is 8.27. The molecule has 0 amide bonds. The zero-order chi connectivity index (χ0) is 40.6.